The van der Waals surface area contributed by atoms with Crippen LogP contribution in [-0.4, -0.2) is 60.2 Å². The van der Waals surface area contributed by atoms with E-state index in [4.69, 9.17) is 4.42 Å². The minimum atomic E-state index is -0.180. The van der Waals surface area contributed by atoms with E-state index in [-0.39, 0.29) is 30.7 Å². The highest BCUT2D eigenvalue weighted by Gasteiger charge is 2.26. The molecule has 7 nitrogen and oxygen atoms in total. The Labute approximate surface area is 157 Å². The zero-order chi connectivity index (χ0) is 19.2. The number of nitrogens with zero attached hydrogens (tertiary/aromatic N) is 2. The lowest BCUT2D eigenvalue weighted by molar-refractivity contribution is -0.134. The predicted molar refractivity (Wildman–Crippen MR) is 99.1 cm³/mol. The zero-order valence-corrected chi connectivity index (χ0v) is 15.3. The number of hydrogen-bond acceptors (Lipinski definition) is 4. The summed E-state index contributed by atoms with van der Waals surface area (Å²) in [7, 11) is 0. The van der Waals surface area contributed by atoms with Crippen molar-refractivity contribution in [3.63, 3.8) is 0 Å². The van der Waals surface area contributed by atoms with Crippen LogP contribution in [0, 0.1) is 6.92 Å². The van der Waals surface area contributed by atoms with Crippen LogP contribution >= 0.6 is 0 Å². The predicted octanol–water partition coefficient (Wildman–Crippen LogP) is 1.23. The summed E-state index contributed by atoms with van der Waals surface area (Å²) in [4.78, 5) is 39.9. The van der Waals surface area contributed by atoms with Gasteiger partial charge in [0.05, 0.1) is 19.2 Å². The molecule has 0 radical (unpaired) electrons. The van der Waals surface area contributed by atoms with E-state index in [1.807, 2.05) is 31.2 Å². The highest BCUT2D eigenvalue weighted by Crippen LogP contribution is 2.09. The van der Waals surface area contributed by atoms with Crippen molar-refractivity contribution in [1.82, 2.24) is 15.1 Å². The highest BCUT2D eigenvalue weighted by molar-refractivity contribution is 5.91. The highest BCUT2D eigenvalue weighted by atomic mass is 16.3. The third-order valence-corrected chi connectivity index (χ3v) is 4.54. The SMILES string of the molecule is Cc1cccc(CC(=O)NCC(=O)N2CCN(C(=O)c3ccco3)CC2)c1. The number of piperazine rings is 1. The summed E-state index contributed by atoms with van der Waals surface area (Å²) in [6.45, 7) is 3.72. The molecule has 1 aliphatic heterocycles. The van der Waals surface area contributed by atoms with Gasteiger partial charge in [0.1, 0.15) is 0 Å². The lowest BCUT2D eigenvalue weighted by Gasteiger charge is -2.34. The molecule has 1 N–H and O–H groups in total. The Balaban J connectivity index is 1.41. The molecule has 1 saturated heterocycles. The van der Waals surface area contributed by atoms with Crippen molar-refractivity contribution in [2.75, 3.05) is 32.7 Å². The first-order valence-electron chi connectivity index (χ1n) is 8.96. The molecule has 7 heteroatoms. The quantitative estimate of drug-likeness (QED) is 0.859. The molecule has 0 atom stereocenters. The van der Waals surface area contributed by atoms with E-state index in [1.165, 1.54) is 6.26 Å². The monoisotopic (exact) mass is 369 g/mol. The van der Waals surface area contributed by atoms with Crippen molar-refractivity contribution < 1.29 is 18.8 Å². The standard InChI is InChI=1S/C20H23N3O4/c1-15-4-2-5-16(12-15)13-18(24)21-14-19(25)22-7-9-23(10-8-22)20(26)17-6-3-11-27-17/h2-6,11-12H,7-10,13-14H2,1H3,(H,21,24). The van der Waals surface area contributed by atoms with Crippen LogP contribution < -0.4 is 5.32 Å². The van der Waals surface area contributed by atoms with E-state index < -0.39 is 0 Å². The zero-order valence-electron chi connectivity index (χ0n) is 15.3. The van der Waals surface area contributed by atoms with Crippen molar-refractivity contribution in [3.8, 4) is 0 Å². The summed E-state index contributed by atoms with van der Waals surface area (Å²) in [5, 5.41) is 2.68. The summed E-state index contributed by atoms with van der Waals surface area (Å²) in [6, 6.07) is 11.0. The minimum absolute atomic E-state index is 0.0310. The molecule has 1 fully saturated rings. The van der Waals surface area contributed by atoms with Crippen LogP contribution in [0.4, 0.5) is 0 Å². The molecule has 1 aliphatic rings. The second-order valence-corrected chi connectivity index (χ2v) is 6.59. The van der Waals surface area contributed by atoms with Crippen LogP contribution in [0.5, 0.6) is 0 Å². The Bertz CT molecular complexity index is 808. The molecule has 2 heterocycles. The molecule has 1 aromatic carbocycles. The fraction of sp³-hybridized carbons (Fsp3) is 0.350. The third-order valence-electron chi connectivity index (χ3n) is 4.54. The molecule has 0 spiro atoms. The molecule has 1 aromatic heterocycles. The first-order chi connectivity index (χ1) is 13.0. The van der Waals surface area contributed by atoms with Crippen molar-refractivity contribution in [2.24, 2.45) is 0 Å². The van der Waals surface area contributed by atoms with E-state index in [2.05, 4.69) is 5.32 Å². The van der Waals surface area contributed by atoms with Crippen molar-refractivity contribution in [2.45, 2.75) is 13.3 Å². The van der Waals surface area contributed by atoms with Crippen LogP contribution in [0.2, 0.25) is 0 Å². The van der Waals surface area contributed by atoms with Gasteiger partial charge in [0.2, 0.25) is 11.8 Å². The topological polar surface area (TPSA) is 82.9 Å². The van der Waals surface area contributed by atoms with Gasteiger partial charge in [-0.05, 0) is 24.6 Å². The van der Waals surface area contributed by atoms with Gasteiger partial charge in [-0.3, -0.25) is 14.4 Å². The summed E-state index contributed by atoms with van der Waals surface area (Å²) in [5.41, 5.74) is 2.02. The average Bonchev–Trinajstić information content (AvgIpc) is 3.20. The lowest BCUT2D eigenvalue weighted by atomic mass is 10.1. The Morgan fingerprint density at radius 2 is 1.78 bits per heavy atom. The van der Waals surface area contributed by atoms with E-state index in [1.54, 1.807) is 21.9 Å². The van der Waals surface area contributed by atoms with Crippen molar-refractivity contribution in [1.29, 1.82) is 0 Å². The fourth-order valence-electron chi connectivity index (χ4n) is 3.07. The molecule has 3 rings (SSSR count). The number of hydrogen-bond donors (Lipinski definition) is 1. The summed E-state index contributed by atoms with van der Waals surface area (Å²) < 4.78 is 5.12. The number of amides is 3. The van der Waals surface area contributed by atoms with Gasteiger partial charge in [-0.2, -0.15) is 0 Å². The molecule has 0 unspecified atom stereocenters. The van der Waals surface area contributed by atoms with Gasteiger partial charge < -0.3 is 19.5 Å². The summed E-state index contributed by atoms with van der Waals surface area (Å²) >= 11 is 0. The maximum absolute atomic E-state index is 12.3. The lowest BCUT2D eigenvalue weighted by Crippen LogP contribution is -2.52. The Hall–Kier alpha value is -3.09. The van der Waals surface area contributed by atoms with Crippen LogP contribution in [0.1, 0.15) is 21.7 Å². The number of aryl methyl sites for hydroxylation is 1. The van der Waals surface area contributed by atoms with E-state index in [9.17, 15) is 14.4 Å². The van der Waals surface area contributed by atoms with Gasteiger partial charge in [0.15, 0.2) is 5.76 Å². The molecule has 0 aliphatic carbocycles. The smallest absolute Gasteiger partial charge is 0.289 e. The molecular formula is C20H23N3O4. The number of furan rings is 1. The minimum Gasteiger partial charge on any atom is -0.459 e. The van der Waals surface area contributed by atoms with Gasteiger partial charge >= 0.3 is 0 Å². The summed E-state index contributed by atoms with van der Waals surface area (Å²) in [5.74, 6) is -0.185. The van der Waals surface area contributed by atoms with Gasteiger partial charge in [-0.25, -0.2) is 0 Å². The van der Waals surface area contributed by atoms with E-state index in [0.29, 0.717) is 31.9 Å². The first kappa shape index (κ1) is 18.7. The van der Waals surface area contributed by atoms with Gasteiger partial charge in [-0.15, -0.1) is 0 Å². The van der Waals surface area contributed by atoms with E-state index >= 15 is 0 Å². The number of rotatable bonds is 5. The molecule has 142 valence electrons. The molecular weight excluding hydrogens is 346 g/mol. The largest absolute Gasteiger partial charge is 0.459 e. The number of nitrogens with one attached hydrogen (secondary N) is 1. The van der Waals surface area contributed by atoms with Gasteiger partial charge in [-0.1, -0.05) is 29.8 Å². The second-order valence-electron chi connectivity index (χ2n) is 6.59. The second kappa shape index (κ2) is 8.53. The van der Waals surface area contributed by atoms with E-state index in [0.717, 1.165) is 11.1 Å². The third kappa shape index (κ3) is 4.97. The molecule has 0 saturated carbocycles. The van der Waals surface area contributed by atoms with Crippen LogP contribution in [0.15, 0.2) is 47.1 Å². The van der Waals surface area contributed by atoms with Gasteiger partial charge in [0, 0.05) is 26.2 Å². The molecule has 2 aromatic rings. The van der Waals surface area contributed by atoms with Crippen LogP contribution in [-0.2, 0) is 16.0 Å². The fourth-order valence-corrected chi connectivity index (χ4v) is 3.07. The Morgan fingerprint density at radius 1 is 1.04 bits per heavy atom. The Morgan fingerprint density at radius 3 is 2.44 bits per heavy atom. The normalized spacial score (nSPS) is 14.1. The Kier molecular flexibility index (Phi) is 5.90. The number of benzene rings is 1. The van der Waals surface area contributed by atoms with Crippen molar-refractivity contribution >= 4 is 17.7 Å². The number of carbonyl (C=O) groups is 3. The maximum Gasteiger partial charge on any atom is 0.289 e. The molecule has 3 amide bonds. The van der Waals surface area contributed by atoms with Crippen LogP contribution in [0.3, 0.4) is 0 Å². The average molecular weight is 369 g/mol. The van der Waals surface area contributed by atoms with Gasteiger partial charge in [0.25, 0.3) is 5.91 Å². The van der Waals surface area contributed by atoms with Crippen LogP contribution in [0.25, 0.3) is 0 Å². The maximum atomic E-state index is 12.3. The number of carbonyl (C=O) groups excluding carboxylic acids is 3. The summed E-state index contributed by atoms with van der Waals surface area (Å²) in [6.07, 6.45) is 1.72. The molecule has 0 bridgehead atoms. The molecule has 27 heavy (non-hydrogen) atoms. The van der Waals surface area contributed by atoms with Crippen molar-refractivity contribution in [3.05, 3.63) is 59.5 Å². The first-order valence-corrected chi connectivity index (χ1v) is 8.96.